The molecule has 3 aromatic carbocycles. The van der Waals surface area contributed by atoms with E-state index in [9.17, 15) is 0 Å². The Morgan fingerprint density at radius 2 is 1.11 bits per heavy atom. The van der Waals surface area contributed by atoms with Crippen LogP contribution in [0.25, 0.3) is 0 Å². The zero-order valence-corrected chi connectivity index (χ0v) is 17.1. The average molecular weight is 370 g/mol. The summed E-state index contributed by atoms with van der Waals surface area (Å²) in [5.74, 6) is 0.300. The fourth-order valence-electron chi connectivity index (χ4n) is 3.28. The third-order valence-corrected chi connectivity index (χ3v) is 4.71. The van der Waals surface area contributed by atoms with E-state index in [-0.39, 0.29) is 0 Å². The molecular formula is C27H31N. The van der Waals surface area contributed by atoms with Crippen molar-refractivity contribution < 1.29 is 0 Å². The van der Waals surface area contributed by atoms with Gasteiger partial charge in [0.1, 0.15) is 0 Å². The molecule has 0 fully saturated rings. The van der Waals surface area contributed by atoms with Crippen LogP contribution in [0.2, 0.25) is 0 Å². The van der Waals surface area contributed by atoms with Crippen molar-refractivity contribution in [2.24, 2.45) is 0 Å². The molecule has 0 aliphatic carbocycles. The first-order chi connectivity index (χ1) is 13.7. The smallest absolute Gasteiger partial charge is 0.0345 e. The molecule has 0 saturated heterocycles. The van der Waals surface area contributed by atoms with Crippen molar-refractivity contribution in [3.8, 4) is 0 Å². The van der Waals surface area contributed by atoms with E-state index in [1.54, 1.807) is 0 Å². The molecular weight excluding hydrogens is 338 g/mol. The fourth-order valence-corrected chi connectivity index (χ4v) is 3.28. The Hall–Kier alpha value is -2.90. The molecule has 28 heavy (non-hydrogen) atoms. The molecule has 0 atom stereocenters. The summed E-state index contributed by atoms with van der Waals surface area (Å²) in [5, 5.41) is 3.05. The second-order valence-electron chi connectivity index (χ2n) is 6.79. The number of nitrogens with one attached hydrogen (secondary N) is 1. The number of hydrogen-bond acceptors (Lipinski definition) is 1. The Balaban J connectivity index is 0.000000345. The first kappa shape index (κ1) is 21.4. The van der Waals surface area contributed by atoms with E-state index in [4.69, 9.17) is 0 Å². The average Bonchev–Trinajstić information content (AvgIpc) is 2.73. The van der Waals surface area contributed by atoms with Gasteiger partial charge in [-0.15, -0.1) is 13.2 Å². The summed E-state index contributed by atoms with van der Waals surface area (Å²) in [7, 11) is 0. The lowest BCUT2D eigenvalue weighted by molar-refractivity contribution is 0.845. The van der Waals surface area contributed by atoms with Crippen LogP contribution in [0.5, 0.6) is 0 Å². The van der Waals surface area contributed by atoms with Gasteiger partial charge in [-0.1, -0.05) is 91.0 Å². The topological polar surface area (TPSA) is 12.0 Å². The van der Waals surface area contributed by atoms with Gasteiger partial charge >= 0.3 is 0 Å². The molecule has 0 bridgehead atoms. The first-order valence-corrected chi connectivity index (χ1v) is 9.77. The van der Waals surface area contributed by atoms with Crippen LogP contribution in [0.15, 0.2) is 104 Å². The molecule has 0 heterocycles. The second kappa shape index (κ2) is 11.7. The molecule has 0 aliphatic rings. The number of aryl methyl sites for hydroxylation is 2. The highest BCUT2D eigenvalue weighted by atomic mass is 14.8. The lowest BCUT2D eigenvalue weighted by Crippen LogP contribution is -2.11. The van der Waals surface area contributed by atoms with Crippen LogP contribution in [-0.4, -0.2) is 13.1 Å². The van der Waals surface area contributed by atoms with Crippen molar-refractivity contribution in [1.29, 1.82) is 0 Å². The summed E-state index contributed by atoms with van der Waals surface area (Å²) < 4.78 is 0. The minimum atomic E-state index is 0.300. The van der Waals surface area contributed by atoms with Crippen LogP contribution in [0.1, 0.15) is 33.7 Å². The van der Waals surface area contributed by atoms with E-state index < -0.39 is 0 Å². The van der Waals surface area contributed by atoms with Crippen molar-refractivity contribution in [3.05, 3.63) is 132 Å². The van der Waals surface area contributed by atoms with Gasteiger partial charge in [0.2, 0.25) is 0 Å². The lowest BCUT2D eigenvalue weighted by atomic mass is 9.81. The molecule has 1 nitrogen and oxygen atoms in total. The minimum absolute atomic E-state index is 0.300. The molecule has 0 aliphatic heterocycles. The number of benzene rings is 3. The van der Waals surface area contributed by atoms with Gasteiger partial charge in [0.15, 0.2) is 0 Å². The highest BCUT2D eigenvalue weighted by Gasteiger charge is 2.19. The van der Waals surface area contributed by atoms with Gasteiger partial charge in [-0.3, -0.25) is 0 Å². The summed E-state index contributed by atoms with van der Waals surface area (Å²) in [5.41, 5.74) is 6.81. The molecule has 144 valence electrons. The highest BCUT2D eigenvalue weighted by molar-refractivity contribution is 5.48. The van der Waals surface area contributed by atoms with Crippen LogP contribution in [0.4, 0.5) is 0 Å². The summed E-state index contributed by atoms with van der Waals surface area (Å²) in [4.78, 5) is 0. The van der Waals surface area contributed by atoms with Gasteiger partial charge in [-0.05, 0) is 41.7 Å². The number of rotatable bonds is 7. The quantitative estimate of drug-likeness (QED) is 0.287. The van der Waals surface area contributed by atoms with Gasteiger partial charge in [0, 0.05) is 19.0 Å². The predicted octanol–water partition coefficient (Wildman–Crippen LogP) is 6.43. The van der Waals surface area contributed by atoms with Gasteiger partial charge in [-0.2, -0.15) is 0 Å². The Labute approximate surface area is 170 Å². The Kier molecular flexibility index (Phi) is 8.97. The second-order valence-corrected chi connectivity index (χ2v) is 6.79. The van der Waals surface area contributed by atoms with Gasteiger partial charge in [-0.25, -0.2) is 0 Å². The van der Waals surface area contributed by atoms with Crippen LogP contribution in [0, 0.1) is 13.8 Å². The van der Waals surface area contributed by atoms with Crippen molar-refractivity contribution in [3.63, 3.8) is 0 Å². The fraction of sp³-hybridized carbons (Fsp3) is 0.185. The Bertz CT molecular complexity index is 811. The van der Waals surface area contributed by atoms with Gasteiger partial charge in [0.05, 0.1) is 0 Å². The highest BCUT2D eigenvalue weighted by Crippen LogP contribution is 2.35. The molecule has 3 rings (SSSR count). The molecule has 0 saturated carbocycles. The number of hydrogen-bond donors (Lipinski definition) is 1. The zero-order valence-electron chi connectivity index (χ0n) is 17.1. The Morgan fingerprint density at radius 1 is 0.679 bits per heavy atom. The van der Waals surface area contributed by atoms with E-state index in [2.05, 4.69) is 111 Å². The maximum atomic E-state index is 3.54. The van der Waals surface area contributed by atoms with Crippen molar-refractivity contribution in [1.82, 2.24) is 5.32 Å². The van der Waals surface area contributed by atoms with Crippen LogP contribution in [0.3, 0.4) is 0 Å². The van der Waals surface area contributed by atoms with Gasteiger partial charge in [0.25, 0.3) is 0 Å². The van der Waals surface area contributed by atoms with Crippen molar-refractivity contribution in [2.45, 2.75) is 19.8 Å². The maximum absolute atomic E-state index is 3.54. The molecule has 0 amide bonds. The predicted molar refractivity (Wildman–Crippen MR) is 123 cm³/mol. The summed E-state index contributed by atoms with van der Waals surface area (Å²) in [6.45, 7) is 13.2. The van der Waals surface area contributed by atoms with E-state index >= 15 is 0 Å². The molecule has 0 spiro atoms. The first-order valence-electron chi connectivity index (χ1n) is 9.77. The summed E-state index contributed by atoms with van der Waals surface area (Å²) in [6, 6.07) is 28.2. The molecule has 0 radical (unpaired) electrons. The normalized spacial score (nSPS) is 10.1. The molecule has 0 unspecified atom stereocenters. The van der Waals surface area contributed by atoms with Crippen LogP contribution >= 0.6 is 0 Å². The monoisotopic (exact) mass is 369 g/mol. The maximum Gasteiger partial charge on any atom is 0.0345 e. The largest absolute Gasteiger partial charge is 0.310 e. The molecule has 1 N–H and O–H groups in total. The van der Waals surface area contributed by atoms with Crippen LogP contribution < -0.4 is 5.32 Å². The third-order valence-electron chi connectivity index (χ3n) is 4.71. The standard InChI is InChI=1S/C21H20.C6H11N/c1-16-10-6-8-14-19(16)21(18-12-4-3-5-13-18)20-15-9-7-11-17(20)2;1-3-5-7-6-4-2/h3-15,21H,1-2H3;3-4,7H,1-2,5-6H2. The van der Waals surface area contributed by atoms with E-state index in [1.807, 2.05) is 12.2 Å². The van der Waals surface area contributed by atoms with Crippen LogP contribution in [-0.2, 0) is 0 Å². The molecule has 0 aromatic heterocycles. The van der Waals surface area contributed by atoms with Crippen molar-refractivity contribution >= 4 is 0 Å². The Morgan fingerprint density at radius 3 is 1.54 bits per heavy atom. The third kappa shape index (κ3) is 6.07. The summed E-state index contributed by atoms with van der Waals surface area (Å²) >= 11 is 0. The van der Waals surface area contributed by atoms with E-state index in [0.29, 0.717) is 5.92 Å². The van der Waals surface area contributed by atoms with E-state index in [1.165, 1.54) is 27.8 Å². The van der Waals surface area contributed by atoms with Crippen molar-refractivity contribution in [2.75, 3.05) is 13.1 Å². The lowest BCUT2D eigenvalue weighted by Gasteiger charge is -2.22. The SMILES string of the molecule is C=CCNCC=C.Cc1ccccc1C(c1ccccc1)c1ccccc1C. The van der Waals surface area contributed by atoms with E-state index in [0.717, 1.165) is 13.1 Å². The van der Waals surface area contributed by atoms with Gasteiger partial charge < -0.3 is 5.32 Å². The zero-order chi connectivity index (χ0) is 20.2. The molecule has 3 aromatic rings. The minimum Gasteiger partial charge on any atom is -0.310 e. The molecule has 1 heteroatoms. The summed E-state index contributed by atoms with van der Waals surface area (Å²) in [6.07, 6.45) is 3.65.